The first kappa shape index (κ1) is 11.5. The van der Waals surface area contributed by atoms with Crippen LogP contribution in [0.1, 0.15) is 19.8 Å². The molecule has 1 aliphatic rings. The molecule has 14 heavy (non-hydrogen) atoms. The molecule has 0 aromatic heterocycles. The third-order valence-electron chi connectivity index (χ3n) is 2.83. The summed E-state index contributed by atoms with van der Waals surface area (Å²) in [6.45, 7) is 3.44. The molecule has 1 unspecified atom stereocenters. The molecule has 2 atom stereocenters. The van der Waals surface area contributed by atoms with Crippen LogP contribution in [0.15, 0.2) is 0 Å². The van der Waals surface area contributed by atoms with Crippen LogP contribution in [0.4, 0.5) is 0 Å². The molecule has 2 N–H and O–H groups in total. The first-order valence-electron chi connectivity index (χ1n) is 5.23. The highest BCUT2D eigenvalue weighted by Gasteiger charge is 2.25. The van der Waals surface area contributed by atoms with Crippen molar-refractivity contribution < 1.29 is 4.79 Å². The second-order valence-electron chi connectivity index (χ2n) is 4.33. The lowest BCUT2D eigenvalue weighted by molar-refractivity contribution is -0.134. The molecule has 0 aromatic carbocycles. The van der Waals surface area contributed by atoms with Crippen LogP contribution in [0, 0.1) is 0 Å². The maximum atomic E-state index is 11.6. The van der Waals surface area contributed by atoms with E-state index in [9.17, 15) is 4.79 Å². The zero-order valence-electron chi connectivity index (χ0n) is 9.36. The number of nitrogens with two attached hydrogens (primary N) is 1. The number of piperidine rings is 1. The van der Waals surface area contributed by atoms with E-state index in [1.54, 1.807) is 6.92 Å². The van der Waals surface area contributed by atoms with E-state index >= 15 is 0 Å². The minimum atomic E-state index is -0.365. The predicted octanol–water partition coefficient (Wildman–Crippen LogP) is -0.114. The highest BCUT2D eigenvalue weighted by Crippen LogP contribution is 2.14. The van der Waals surface area contributed by atoms with Gasteiger partial charge < -0.3 is 15.5 Å². The summed E-state index contributed by atoms with van der Waals surface area (Å²) in [4.78, 5) is 15.7. The van der Waals surface area contributed by atoms with E-state index in [-0.39, 0.29) is 11.9 Å². The first-order valence-corrected chi connectivity index (χ1v) is 5.23. The standard InChI is InChI=1S/C10H21N3O/c1-8(11)10(14)13-6-4-5-9(7-13)12(2)3/h8-9H,4-7,11H2,1-3H3/t8-,9?/m1/s1. The van der Waals surface area contributed by atoms with E-state index in [0.29, 0.717) is 6.04 Å². The van der Waals surface area contributed by atoms with Crippen molar-refractivity contribution in [3.63, 3.8) is 0 Å². The van der Waals surface area contributed by atoms with Crippen LogP contribution >= 0.6 is 0 Å². The average Bonchev–Trinajstić information content (AvgIpc) is 2.16. The molecule has 0 aromatic rings. The van der Waals surface area contributed by atoms with Gasteiger partial charge in [0.05, 0.1) is 6.04 Å². The maximum absolute atomic E-state index is 11.6. The number of hydrogen-bond donors (Lipinski definition) is 1. The molecule has 82 valence electrons. The van der Waals surface area contributed by atoms with Crippen molar-refractivity contribution in [3.8, 4) is 0 Å². The van der Waals surface area contributed by atoms with E-state index in [1.807, 2.05) is 4.90 Å². The molecule has 4 nitrogen and oxygen atoms in total. The highest BCUT2D eigenvalue weighted by atomic mass is 16.2. The van der Waals surface area contributed by atoms with Gasteiger partial charge in [-0.05, 0) is 33.9 Å². The zero-order valence-corrected chi connectivity index (χ0v) is 9.36. The van der Waals surface area contributed by atoms with Crippen molar-refractivity contribution in [2.24, 2.45) is 5.73 Å². The molecule has 1 rings (SSSR count). The van der Waals surface area contributed by atoms with Gasteiger partial charge in [0.15, 0.2) is 0 Å². The van der Waals surface area contributed by atoms with Gasteiger partial charge in [-0.25, -0.2) is 0 Å². The van der Waals surface area contributed by atoms with Crippen LogP contribution in [0.2, 0.25) is 0 Å². The third-order valence-corrected chi connectivity index (χ3v) is 2.83. The molecular formula is C10H21N3O. The van der Waals surface area contributed by atoms with Gasteiger partial charge >= 0.3 is 0 Å². The van der Waals surface area contributed by atoms with E-state index in [1.165, 1.54) is 6.42 Å². The number of nitrogens with zero attached hydrogens (tertiary/aromatic N) is 2. The van der Waals surface area contributed by atoms with Gasteiger partial charge in [0.25, 0.3) is 0 Å². The van der Waals surface area contributed by atoms with Crippen LogP contribution in [-0.2, 0) is 4.79 Å². The molecule has 4 heteroatoms. The molecule has 1 amide bonds. The van der Waals surface area contributed by atoms with Crippen molar-refractivity contribution in [2.75, 3.05) is 27.2 Å². The first-order chi connectivity index (χ1) is 6.52. The SMILES string of the molecule is C[C@@H](N)C(=O)N1CCCC(N(C)C)C1. The topological polar surface area (TPSA) is 49.6 Å². The lowest BCUT2D eigenvalue weighted by atomic mass is 10.0. The molecule has 1 heterocycles. The second-order valence-corrected chi connectivity index (χ2v) is 4.33. The summed E-state index contributed by atoms with van der Waals surface area (Å²) < 4.78 is 0. The number of likely N-dealkylation sites (tertiary alicyclic amines) is 1. The Morgan fingerprint density at radius 2 is 2.21 bits per heavy atom. The van der Waals surface area contributed by atoms with Crippen molar-refractivity contribution in [3.05, 3.63) is 0 Å². The third kappa shape index (κ3) is 2.69. The molecule has 0 bridgehead atoms. The number of carbonyl (C=O) groups excluding carboxylic acids is 1. The van der Waals surface area contributed by atoms with E-state index < -0.39 is 0 Å². The van der Waals surface area contributed by atoms with Crippen molar-refractivity contribution in [2.45, 2.75) is 31.8 Å². The van der Waals surface area contributed by atoms with Crippen molar-refractivity contribution >= 4 is 5.91 Å². The minimum absolute atomic E-state index is 0.0801. The van der Waals surface area contributed by atoms with Gasteiger partial charge in [-0.2, -0.15) is 0 Å². The fourth-order valence-electron chi connectivity index (χ4n) is 1.86. The van der Waals surface area contributed by atoms with E-state index in [4.69, 9.17) is 5.73 Å². The zero-order chi connectivity index (χ0) is 10.7. The quantitative estimate of drug-likeness (QED) is 0.675. The summed E-state index contributed by atoms with van der Waals surface area (Å²) in [6, 6.07) is 0.127. The average molecular weight is 199 g/mol. The molecule has 0 radical (unpaired) electrons. The summed E-state index contributed by atoms with van der Waals surface area (Å²) >= 11 is 0. The number of rotatable bonds is 2. The number of amides is 1. The molecular weight excluding hydrogens is 178 g/mol. The Bertz CT molecular complexity index is 204. The summed E-state index contributed by atoms with van der Waals surface area (Å²) in [5.41, 5.74) is 5.58. The summed E-state index contributed by atoms with van der Waals surface area (Å²) in [5.74, 6) is 0.0801. The number of carbonyl (C=O) groups is 1. The van der Waals surface area contributed by atoms with Gasteiger partial charge in [-0.3, -0.25) is 4.79 Å². The van der Waals surface area contributed by atoms with Gasteiger partial charge in [-0.15, -0.1) is 0 Å². The Morgan fingerprint density at radius 1 is 1.57 bits per heavy atom. The smallest absolute Gasteiger partial charge is 0.239 e. The van der Waals surface area contributed by atoms with Gasteiger partial charge in [-0.1, -0.05) is 0 Å². The second kappa shape index (κ2) is 4.75. The normalized spacial score (nSPS) is 25.2. The Kier molecular flexibility index (Phi) is 3.89. The largest absolute Gasteiger partial charge is 0.340 e. The maximum Gasteiger partial charge on any atom is 0.239 e. The fourth-order valence-corrected chi connectivity index (χ4v) is 1.86. The lowest BCUT2D eigenvalue weighted by Crippen LogP contribution is -2.51. The van der Waals surface area contributed by atoms with Crippen molar-refractivity contribution in [1.29, 1.82) is 0 Å². The summed E-state index contributed by atoms with van der Waals surface area (Å²) in [6.07, 6.45) is 2.26. The van der Waals surface area contributed by atoms with Crippen LogP contribution < -0.4 is 5.73 Å². The van der Waals surface area contributed by atoms with E-state index in [2.05, 4.69) is 19.0 Å². The number of hydrogen-bond acceptors (Lipinski definition) is 3. The Hall–Kier alpha value is -0.610. The fraction of sp³-hybridized carbons (Fsp3) is 0.900. The van der Waals surface area contributed by atoms with Gasteiger partial charge in [0.1, 0.15) is 0 Å². The Labute approximate surface area is 86.0 Å². The molecule has 0 spiro atoms. The summed E-state index contributed by atoms with van der Waals surface area (Å²) in [7, 11) is 4.12. The van der Waals surface area contributed by atoms with Crippen molar-refractivity contribution in [1.82, 2.24) is 9.80 Å². The molecule has 1 fully saturated rings. The molecule has 1 aliphatic heterocycles. The van der Waals surface area contributed by atoms with E-state index in [0.717, 1.165) is 19.5 Å². The predicted molar refractivity (Wildman–Crippen MR) is 56.9 cm³/mol. The highest BCUT2D eigenvalue weighted by molar-refractivity contribution is 5.81. The summed E-state index contributed by atoms with van der Waals surface area (Å²) in [5, 5.41) is 0. The Morgan fingerprint density at radius 3 is 2.71 bits per heavy atom. The van der Waals surface area contributed by atoms with Crippen LogP contribution in [-0.4, -0.2) is 55.0 Å². The number of likely N-dealkylation sites (N-methyl/N-ethyl adjacent to an activating group) is 1. The molecule has 0 aliphatic carbocycles. The van der Waals surface area contributed by atoms with Gasteiger partial charge in [0.2, 0.25) is 5.91 Å². The van der Waals surface area contributed by atoms with Crippen LogP contribution in [0.3, 0.4) is 0 Å². The minimum Gasteiger partial charge on any atom is -0.340 e. The molecule has 1 saturated heterocycles. The Balaban J connectivity index is 2.51. The molecule has 0 saturated carbocycles. The monoisotopic (exact) mass is 199 g/mol. The lowest BCUT2D eigenvalue weighted by Gasteiger charge is -2.36. The van der Waals surface area contributed by atoms with Crippen LogP contribution in [0.5, 0.6) is 0 Å². The van der Waals surface area contributed by atoms with Crippen LogP contribution in [0.25, 0.3) is 0 Å². The van der Waals surface area contributed by atoms with Gasteiger partial charge in [0, 0.05) is 19.1 Å².